The van der Waals surface area contributed by atoms with Gasteiger partial charge in [-0.25, -0.2) is 0 Å². The van der Waals surface area contributed by atoms with Gasteiger partial charge in [-0.1, -0.05) is 64.5 Å². The smallest absolute Gasteiger partial charge is 0.0790 e. The summed E-state index contributed by atoms with van der Waals surface area (Å²) in [5.41, 5.74) is 0.984. The second-order valence-corrected chi connectivity index (χ2v) is 5.90. The Balaban J connectivity index is 2.48. The summed E-state index contributed by atoms with van der Waals surface area (Å²) in [6.07, 6.45) is 5.31. The second kappa shape index (κ2) is 7.46. The van der Waals surface area contributed by atoms with E-state index in [2.05, 4.69) is 38.8 Å². The van der Waals surface area contributed by atoms with E-state index in [1.807, 2.05) is 18.2 Å². The monoisotopic (exact) mass is 348 g/mol. The summed E-state index contributed by atoms with van der Waals surface area (Å²) in [5, 5.41) is 10.0. The number of aliphatic hydroxyl groups is 1. The van der Waals surface area contributed by atoms with Crippen molar-refractivity contribution in [3.8, 4) is 0 Å². The highest BCUT2D eigenvalue weighted by Gasteiger charge is 2.08. The van der Waals surface area contributed by atoms with Crippen molar-refractivity contribution in [3.05, 3.63) is 32.7 Å². The summed E-state index contributed by atoms with van der Waals surface area (Å²) in [7, 11) is 0. The van der Waals surface area contributed by atoms with Crippen LogP contribution in [-0.2, 0) is 0 Å². The van der Waals surface area contributed by atoms with Crippen LogP contribution in [0.1, 0.15) is 50.7 Å². The zero-order chi connectivity index (χ0) is 12.0. The Morgan fingerprint density at radius 1 is 1.06 bits per heavy atom. The first-order valence-electron chi connectivity index (χ1n) is 5.77. The van der Waals surface area contributed by atoms with Gasteiger partial charge in [0.05, 0.1) is 6.10 Å². The zero-order valence-electron chi connectivity index (χ0n) is 9.55. The van der Waals surface area contributed by atoms with Crippen molar-refractivity contribution in [1.29, 1.82) is 0 Å². The standard InChI is InChI=1S/C13H18Br2O/c1-2-3-4-5-6-13(16)10-7-11(14)9-12(15)8-10/h7-9,13,16H,2-6H2,1H3. The lowest BCUT2D eigenvalue weighted by atomic mass is 10.0. The molecule has 1 rings (SSSR count). The number of benzene rings is 1. The minimum absolute atomic E-state index is 0.342. The minimum Gasteiger partial charge on any atom is -0.388 e. The maximum atomic E-state index is 10.0. The lowest BCUT2D eigenvalue weighted by molar-refractivity contribution is 0.163. The van der Waals surface area contributed by atoms with Crippen LogP contribution >= 0.6 is 31.9 Å². The molecule has 0 heterocycles. The molecule has 0 aliphatic heterocycles. The van der Waals surface area contributed by atoms with E-state index >= 15 is 0 Å². The molecule has 0 radical (unpaired) electrons. The third-order valence-corrected chi connectivity index (χ3v) is 3.52. The third kappa shape index (κ3) is 4.98. The van der Waals surface area contributed by atoms with E-state index in [1.54, 1.807) is 0 Å². The van der Waals surface area contributed by atoms with Crippen LogP contribution in [-0.4, -0.2) is 5.11 Å². The van der Waals surface area contributed by atoms with Gasteiger partial charge in [0, 0.05) is 8.95 Å². The predicted octanol–water partition coefficient (Wildman–Crippen LogP) is 5.22. The van der Waals surface area contributed by atoms with Crippen LogP contribution in [0.2, 0.25) is 0 Å². The van der Waals surface area contributed by atoms with E-state index < -0.39 is 0 Å². The number of unbranched alkanes of at least 4 members (excludes halogenated alkanes) is 3. The molecular formula is C13H18Br2O. The van der Waals surface area contributed by atoms with Crippen LogP contribution in [0.4, 0.5) is 0 Å². The normalized spacial score (nSPS) is 12.8. The highest BCUT2D eigenvalue weighted by Crippen LogP contribution is 2.26. The lowest BCUT2D eigenvalue weighted by Crippen LogP contribution is -1.97. The molecule has 16 heavy (non-hydrogen) atoms. The molecule has 1 nitrogen and oxygen atoms in total. The van der Waals surface area contributed by atoms with E-state index in [9.17, 15) is 5.11 Å². The van der Waals surface area contributed by atoms with Crippen LogP contribution in [0.25, 0.3) is 0 Å². The Kier molecular flexibility index (Phi) is 6.62. The van der Waals surface area contributed by atoms with Crippen molar-refractivity contribution < 1.29 is 5.11 Å². The Bertz CT molecular complexity index is 305. The van der Waals surface area contributed by atoms with Crippen molar-refractivity contribution >= 4 is 31.9 Å². The minimum atomic E-state index is -0.342. The molecule has 1 unspecified atom stereocenters. The van der Waals surface area contributed by atoms with Crippen LogP contribution in [0.15, 0.2) is 27.1 Å². The fraction of sp³-hybridized carbons (Fsp3) is 0.538. The van der Waals surface area contributed by atoms with Gasteiger partial charge in [0.2, 0.25) is 0 Å². The van der Waals surface area contributed by atoms with Gasteiger partial charge in [-0.3, -0.25) is 0 Å². The Labute approximate surface area is 115 Å². The molecule has 3 heteroatoms. The van der Waals surface area contributed by atoms with Crippen molar-refractivity contribution in [1.82, 2.24) is 0 Å². The molecule has 1 atom stereocenters. The third-order valence-electron chi connectivity index (χ3n) is 2.60. The predicted molar refractivity (Wildman–Crippen MR) is 75.6 cm³/mol. The summed E-state index contributed by atoms with van der Waals surface area (Å²) in [6, 6.07) is 5.94. The number of hydrogen-bond acceptors (Lipinski definition) is 1. The van der Waals surface area contributed by atoms with Crippen molar-refractivity contribution in [2.45, 2.75) is 45.1 Å². The number of halogens is 2. The maximum Gasteiger partial charge on any atom is 0.0790 e. The summed E-state index contributed by atoms with van der Waals surface area (Å²) >= 11 is 6.87. The van der Waals surface area contributed by atoms with Crippen molar-refractivity contribution in [3.63, 3.8) is 0 Å². The van der Waals surface area contributed by atoms with Gasteiger partial charge >= 0.3 is 0 Å². The quantitative estimate of drug-likeness (QED) is 0.698. The average Bonchev–Trinajstić information content (AvgIpc) is 2.22. The molecule has 0 aliphatic rings. The molecule has 1 aromatic rings. The van der Waals surface area contributed by atoms with E-state index in [1.165, 1.54) is 19.3 Å². The molecule has 0 amide bonds. The molecule has 0 saturated heterocycles. The number of rotatable bonds is 6. The Morgan fingerprint density at radius 2 is 1.69 bits per heavy atom. The molecule has 0 bridgehead atoms. The first kappa shape index (κ1) is 14.2. The second-order valence-electron chi connectivity index (χ2n) is 4.07. The van der Waals surface area contributed by atoms with Gasteiger partial charge in [-0.2, -0.15) is 0 Å². The molecule has 0 spiro atoms. The molecule has 0 fully saturated rings. The summed E-state index contributed by atoms with van der Waals surface area (Å²) < 4.78 is 2.01. The van der Waals surface area contributed by atoms with Crippen LogP contribution in [0.5, 0.6) is 0 Å². The van der Waals surface area contributed by atoms with Crippen LogP contribution in [0.3, 0.4) is 0 Å². The van der Waals surface area contributed by atoms with Gasteiger partial charge < -0.3 is 5.11 Å². The topological polar surface area (TPSA) is 20.2 Å². The van der Waals surface area contributed by atoms with Crippen LogP contribution in [0, 0.1) is 0 Å². The molecule has 90 valence electrons. The molecule has 1 aromatic carbocycles. The van der Waals surface area contributed by atoms with E-state index in [0.717, 1.165) is 27.4 Å². The summed E-state index contributed by atoms with van der Waals surface area (Å²) in [6.45, 7) is 2.20. The van der Waals surface area contributed by atoms with E-state index in [4.69, 9.17) is 0 Å². The van der Waals surface area contributed by atoms with E-state index in [0.29, 0.717) is 0 Å². The SMILES string of the molecule is CCCCCCC(O)c1cc(Br)cc(Br)c1. The first-order chi connectivity index (χ1) is 7.63. The van der Waals surface area contributed by atoms with Crippen molar-refractivity contribution in [2.75, 3.05) is 0 Å². The van der Waals surface area contributed by atoms with Crippen molar-refractivity contribution in [2.24, 2.45) is 0 Å². The van der Waals surface area contributed by atoms with Gasteiger partial charge in [0.25, 0.3) is 0 Å². The Morgan fingerprint density at radius 3 is 2.25 bits per heavy atom. The summed E-state index contributed by atoms with van der Waals surface area (Å²) in [5.74, 6) is 0. The number of aliphatic hydroxyl groups excluding tert-OH is 1. The highest BCUT2D eigenvalue weighted by molar-refractivity contribution is 9.11. The van der Waals surface area contributed by atoms with Crippen LogP contribution < -0.4 is 0 Å². The fourth-order valence-corrected chi connectivity index (χ4v) is 3.03. The number of hydrogen-bond donors (Lipinski definition) is 1. The Hall–Kier alpha value is 0.140. The van der Waals surface area contributed by atoms with Gasteiger partial charge in [-0.05, 0) is 30.2 Å². The molecule has 0 saturated carbocycles. The fourth-order valence-electron chi connectivity index (χ4n) is 1.70. The average molecular weight is 350 g/mol. The van der Waals surface area contributed by atoms with Gasteiger partial charge in [0.15, 0.2) is 0 Å². The highest BCUT2D eigenvalue weighted by atomic mass is 79.9. The molecule has 0 aromatic heterocycles. The first-order valence-corrected chi connectivity index (χ1v) is 7.36. The van der Waals surface area contributed by atoms with Gasteiger partial charge in [-0.15, -0.1) is 0 Å². The molecular weight excluding hydrogens is 332 g/mol. The van der Waals surface area contributed by atoms with Gasteiger partial charge in [0.1, 0.15) is 0 Å². The largest absolute Gasteiger partial charge is 0.388 e. The molecule has 0 aliphatic carbocycles. The zero-order valence-corrected chi connectivity index (χ0v) is 12.7. The lowest BCUT2D eigenvalue weighted by Gasteiger charge is -2.11. The maximum absolute atomic E-state index is 10.0. The molecule has 1 N–H and O–H groups in total. The van der Waals surface area contributed by atoms with E-state index in [-0.39, 0.29) is 6.10 Å². The summed E-state index contributed by atoms with van der Waals surface area (Å²) in [4.78, 5) is 0.